The fraction of sp³-hybridized carbons (Fsp3) is 0.0625. The molecule has 132 valence electrons. The van der Waals surface area contributed by atoms with E-state index in [0.717, 1.165) is 16.7 Å². The van der Waals surface area contributed by atoms with E-state index in [9.17, 15) is 13.5 Å². The molecule has 3 heterocycles. The summed E-state index contributed by atoms with van der Waals surface area (Å²) in [6, 6.07) is 8.35. The summed E-state index contributed by atoms with van der Waals surface area (Å²) < 4.78 is 29.6. The number of aromatic nitrogens is 4. The van der Waals surface area contributed by atoms with Crippen LogP contribution in [0, 0.1) is 0 Å². The zero-order chi connectivity index (χ0) is 18.3. The van der Waals surface area contributed by atoms with E-state index in [-0.39, 0.29) is 10.1 Å². The molecule has 1 aromatic carbocycles. The number of rotatable bonds is 4. The van der Waals surface area contributed by atoms with Gasteiger partial charge in [-0.2, -0.15) is 5.10 Å². The monoisotopic (exact) mass is 387 g/mol. The zero-order valence-electron chi connectivity index (χ0n) is 13.5. The quantitative estimate of drug-likeness (QED) is 0.557. The standard InChI is InChI=1S/C16H13N5O3S2/c1-21-15-10(7-19-21)3-2-4-13(15)20-26(23,24)11-5-6-12(17-8-11)14-9-18-16(22)25-14/h2-9,20H,1H3,(H,18,22). The number of para-hydroxylation sites is 1. The molecule has 0 aliphatic rings. The van der Waals surface area contributed by atoms with Crippen LogP contribution in [-0.2, 0) is 17.1 Å². The Morgan fingerprint density at radius 3 is 2.65 bits per heavy atom. The van der Waals surface area contributed by atoms with Gasteiger partial charge in [0.05, 0.1) is 34.2 Å². The minimum Gasteiger partial charge on any atom is -0.486 e. The van der Waals surface area contributed by atoms with Gasteiger partial charge in [0.15, 0.2) is 0 Å². The van der Waals surface area contributed by atoms with Gasteiger partial charge in [0.2, 0.25) is 0 Å². The first-order valence-electron chi connectivity index (χ1n) is 7.49. The van der Waals surface area contributed by atoms with Gasteiger partial charge < -0.3 is 5.11 Å². The van der Waals surface area contributed by atoms with E-state index >= 15 is 0 Å². The lowest BCUT2D eigenvalue weighted by Crippen LogP contribution is -2.14. The lowest BCUT2D eigenvalue weighted by molar-refractivity contribution is 0.471. The number of aromatic hydroxyl groups is 1. The summed E-state index contributed by atoms with van der Waals surface area (Å²) in [5.74, 6) is 0. The molecule has 0 saturated carbocycles. The molecule has 0 aliphatic heterocycles. The van der Waals surface area contributed by atoms with E-state index in [1.54, 1.807) is 36.1 Å². The first-order chi connectivity index (χ1) is 12.4. The molecule has 0 radical (unpaired) electrons. The number of hydrogen-bond donors (Lipinski definition) is 2. The second kappa shape index (κ2) is 6.07. The number of nitrogens with zero attached hydrogens (tertiary/aromatic N) is 4. The van der Waals surface area contributed by atoms with Crippen molar-refractivity contribution in [1.29, 1.82) is 0 Å². The number of aryl methyl sites for hydroxylation is 1. The molecule has 10 heteroatoms. The van der Waals surface area contributed by atoms with Gasteiger partial charge in [-0.3, -0.25) is 14.4 Å². The number of pyridine rings is 1. The minimum atomic E-state index is -3.81. The number of nitrogens with one attached hydrogen (secondary N) is 1. The number of fused-ring (bicyclic) bond motifs is 1. The van der Waals surface area contributed by atoms with Gasteiger partial charge in [0.25, 0.3) is 15.2 Å². The molecule has 4 rings (SSSR count). The van der Waals surface area contributed by atoms with Crippen molar-refractivity contribution >= 4 is 38.0 Å². The molecule has 0 fully saturated rings. The predicted octanol–water partition coefficient (Wildman–Crippen LogP) is 2.60. The van der Waals surface area contributed by atoms with Crippen molar-refractivity contribution in [2.45, 2.75) is 4.90 Å². The van der Waals surface area contributed by atoms with Crippen molar-refractivity contribution in [3.05, 3.63) is 48.9 Å². The molecule has 0 atom stereocenters. The molecule has 0 saturated heterocycles. The number of benzene rings is 1. The van der Waals surface area contributed by atoms with Crippen LogP contribution in [0.2, 0.25) is 0 Å². The Morgan fingerprint density at radius 2 is 1.96 bits per heavy atom. The Hall–Kier alpha value is -2.98. The van der Waals surface area contributed by atoms with Crippen LogP contribution in [-0.4, -0.2) is 33.3 Å². The molecule has 0 aliphatic carbocycles. The Bertz CT molecular complexity index is 1200. The van der Waals surface area contributed by atoms with E-state index < -0.39 is 10.0 Å². The van der Waals surface area contributed by atoms with Crippen LogP contribution in [0.1, 0.15) is 0 Å². The Labute approximate surface area is 152 Å². The zero-order valence-corrected chi connectivity index (χ0v) is 15.1. The average molecular weight is 387 g/mol. The van der Waals surface area contributed by atoms with Crippen molar-refractivity contribution in [2.24, 2.45) is 7.05 Å². The van der Waals surface area contributed by atoms with E-state index in [2.05, 4.69) is 19.8 Å². The molecule has 8 nitrogen and oxygen atoms in total. The third kappa shape index (κ3) is 2.89. The first kappa shape index (κ1) is 16.5. The highest BCUT2D eigenvalue weighted by Crippen LogP contribution is 2.29. The van der Waals surface area contributed by atoms with Gasteiger partial charge in [-0.1, -0.05) is 23.5 Å². The molecule has 3 aromatic heterocycles. The van der Waals surface area contributed by atoms with Crippen LogP contribution < -0.4 is 4.72 Å². The van der Waals surface area contributed by atoms with Crippen LogP contribution in [0.25, 0.3) is 21.5 Å². The highest BCUT2D eigenvalue weighted by molar-refractivity contribution is 7.92. The highest BCUT2D eigenvalue weighted by atomic mass is 32.2. The van der Waals surface area contributed by atoms with Crippen LogP contribution >= 0.6 is 11.3 Å². The maximum absolute atomic E-state index is 12.7. The third-order valence-electron chi connectivity index (χ3n) is 3.80. The van der Waals surface area contributed by atoms with E-state index in [1.165, 1.54) is 18.5 Å². The molecule has 4 aromatic rings. The highest BCUT2D eigenvalue weighted by Gasteiger charge is 2.18. The lowest BCUT2D eigenvalue weighted by Gasteiger charge is -2.10. The van der Waals surface area contributed by atoms with Crippen LogP contribution in [0.5, 0.6) is 5.19 Å². The van der Waals surface area contributed by atoms with Gasteiger partial charge >= 0.3 is 0 Å². The van der Waals surface area contributed by atoms with Crippen molar-refractivity contribution in [1.82, 2.24) is 19.7 Å². The summed E-state index contributed by atoms with van der Waals surface area (Å²) >= 11 is 1.07. The second-order valence-electron chi connectivity index (χ2n) is 5.50. The summed E-state index contributed by atoms with van der Waals surface area (Å²) in [7, 11) is -2.06. The maximum Gasteiger partial charge on any atom is 0.271 e. The number of hydrogen-bond acceptors (Lipinski definition) is 7. The molecular weight excluding hydrogens is 374 g/mol. The lowest BCUT2D eigenvalue weighted by atomic mass is 10.2. The number of anilines is 1. The molecule has 26 heavy (non-hydrogen) atoms. The fourth-order valence-corrected chi connectivity index (χ4v) is 4.23. The number of sulfonamides is 1. The smallest absolute Gasteiger partial charge is 0.271 e. The van der Waals surface area contributed by atoms with Crippen molar-refractivity contribution in [3.63, 3.8) is 0 Å². The SMILES string of the molecule is Cn1ncc2cccc(NS(=O)(=O)c3ccc(-c4cnc(O)s4)nc3)c21. The summed E-state index contributed by atoms with van der Waals surface area (Å²) in [4.78, 5) is 8.60. The molecule has 0 spiro atoms. The molecule has 0 bridgehead atoms. The minimum absolute atomic E-state index is 0.0363. The molecule has 0 unspecified atom stereocenters. The van der Waals surface area contributed by atoms with E-state index in [4.69, 9.17) is 0 Å². The van der Waals surface area contributed by atoms with Crippen molar-refractivity contribution < 1.29 is 13.5 Å². The Kier molecular flexibility index (Phi) is 3.85. The van der Waals surface area contributed by atoms with Gasteiger partial charge in [-0.15, -0.1) is 0 Å². The summed E-state index contributed by atoms with van der Waals surface area (Å²) in [6.45, 7) is 0. The van der Waals surface area contributed by atoms with Gasteiger partial charge in [-0.25, -0.2) is 13.4 Å². The van der Waals surface area contributed by atoms with Crippen molar-refractivity contribution in [2.75, 3.05) is 4.72 Å². The second-order valence-corrected chi connectivity index (χ2v) is 8.19. The normalized spacial score (nSPS) is 11.7. The summed E-state index contributed by atoms with van der Waals surface area (Å²) in [5.41, 5.74) is 1.68. The van der Waals surface area contributed by atoms with Crippen molar-refractivity contribution in [3.8, 4) is 15.8 Å². The topological polar surface area (TPSA) is 110 Å². The number of thiazole rings is 1. The average Bonchev–Trinajstić information content (AvgIpc) is 3.22. The van der Waals surface area contributed by atoms with Gasteiger partial charge in [0.1, 0.15) is 4.90 Å². The maximum atomic E-state index is 12.7. The van der Waals surface area contributed by atoms with Crippen LogP contribution in [0.15, 0.2) is 53.8 Å². The molecule has 0 amide bonds. The fourth-order valence-electron chi connectivity index (χ4n) is 2.59. The molecule has 2 N–H and O–H groups in total. The summed E-state index contributed by atoms with van der Waals surface area (Å²) in [5, 5.41) is 14.2. The molecular formula is C16H13N5O3S2. The predicted molar refractivity (Wildman–Crippen MR) is 98.5 cm³/mol. The summed E-state index contributed by atoms with van der Waals surface area (Å²) in [6.07, 6.45) is 4.43. The first-order valence-corrected chi connectivity index (χ1v) is 9.79. The largest absolute Gasteiger partial charge is 0.486 e. The third-order valence-corrected chi connectivity index (χ3v) is 5.97. The van der Waals surface area contributed by atoms with Gasteiger partial charge in [0, 0.05) is 18.6 Å². The van der Waals surface area contributed by atoms with Gasteiger partial charge in [-0.05, 0) is 18.2 Å². The Balaban J connectivity index is 1.67. The van der Waals surface area contributed by atoms with Crippen LogP contribution in [0.4, 0.5) is 5.69 Å². The van der Waals surface area contributed by atoms with E-state index in [0.29, 0.717) is 21.8 Å². The van der Waals surface area contributed by atoms with Crippen LogP contribution in [0.3, 0.4) is 0 Å². The van der Waals surface area contributed by atoms with E-state index in [1.807, 2.05) is 6.07 Å². The Morgan fingerprint density at radius 1 is 1.12 bits per heavy atom.